The van der Waals surface area contributed by atoms with Gasteiger partial charge in [-0.25, -0.2) is 0 Å². The second-order valence-electron chi connectivity index (χ2n) is 3.89. The summed E-state index contributed by atoms with van der Waals surface area (Å²) in [6.07, 6.45) is 1.49. The monoisotopic (exact) mass is 221 g/mol. The van der Waals surface area contributed by atoms with Gasteiger partial charge in [-0.2, -0.15) is 10.2 Å². The molecule has 5 nitrogen and oxygen atoms in total. The van der Waals surface area contributed by atoms with E-state index >= 15 is 0 Å². The van der Waals surface area contributed by atoms with Gasteiger partial charge < -0.3 is 10.1 Å². The summed E-state index contributed by atoms with van der Waals surface area (Å²) in [5.41, 5.74) is 1.63. The van der Waals surface area contributed by atoms with E-state index in [9.17, 15) is 4.79 Å². The minimum absolute atomic E-state index is 0.0557. The Morgan fingerprint density at radius 1 is 1.56 bits per heavy atom. The maximum absolute atomic E-state index is 11.6. The largest absolute Gasteiger partial charge is 0.368 e. The first kappa shape index (κ1) is 11.0. The van der Waals surface area contributed by atoms with Gasteiger partial charge in [0.15, 0.2) is 0 Å². The zero-order chi connectivity index (χ0) is 11.4. The van der Waals surface area contributed by atoms with Gasteiger partial charge in [-0.1, -0.05) is 0 Å². The second kappa shape index (κ2) is 5.03. The third kappa shape index (κ3) is 2.76. The van der Waals surface area contributed by atoms with E-state index in [1.807, 2.05) is 19.1 Å². The third-order valence-corrected chi connectivity index (χ3v) is 2.52. The summed E-state index contributed by atoms with van der Waals surface area (Å²) in [6.45, 7) is 2.97. The van der Waals surface area contributed by atoms with Gasteiger partial charge >= 0.3 is 0 Å². The smallest absolute Gasteiger partial charge is 0.249 e. The van der Waals surface area contributed by atoms with Crippen LogP contribution in [-0.4, -0.2) is 28.8 Å². The number of carbonyl (C=O) groups is 1. The van der Waals surface area contributed by atoms with Crippen LogP contribution in [0.3, 0.4) is 0 Å². The summed E-state index contributed by atoms with van der Waals surface area (Å²) in [5, 5.41) is 10.7. The number of hydrogen-bond acceptors (Lipinski definition) is 4. The van der Waals surface area contributed by atoms with E-state index in [1.165, 1.54) is 0 Å². The zero-order valence-corrected chi connectivity index (χ0v) is 9.27. The molecule has 0 bridgehead atoms. The van der Waals surface area contributed by atoms with Gasteiger partial charge in [-0.3, -0.25) is 4.79 Å². The summed E-state index contributed by atoms with van der Waals surface area (Å²) in [5.74, 6) is -0.0557. The van der Waals surface area contributed by atoms with Gasteiger partial charge in [0.25, 0.3) is 0 Å². The van der Waals surface area contributed by atoms with Crippen molar-refractivity contribution in [3.63, 3.8) is 0 Å². The lowest BCUT2D eigenvalue weighted by Crippen LogP contribution is -2.33. The maximum atomic E-state index is 11.6. The van der Waals surface area contributed by atoms with Crippen LogP contribution < -0.4 is 5.32 Å². The van der Waals surface area contributed by atoms with Crippen LogP contribution in [0.4, 0.5) is 0 Å². The first-order chi connectivity index (χ1) is 7.75. The fraction of sp³-hybridized carbons (Fsp3) is 0.545. The average molecular weight is 221 g/mol. The Labute approximate surface area is 94.2 Å². The van der Waals surface area contributed by atoms with Crippen molar-refractivity contribution in [2.45, 2.75) is 32.4 Å². The molecule has 1 aliphatic heterocycles. The molecule has 1 aromatic heterocycles. The third-order valence-electron chi connectivity index (χ3n) is 2.52. The minimum atomic E-state index is -0.279. The molecule has 1 atom stereocenters. The molecule has 2 rings (SSSR count). The molecule has 1 saturated heterocycles. The highest BCUT2D eigenvalue weighted by Gasteiger charge is 2.22. The highest BCUT2D eigenvalue weighted by Crippen LogP contribution is 2.11. The summed E-state index contributed by atoms with van der Waals surface area (Å²) >= 11 is 0. The predicted molar refractivity (Wildman–Crippen MR) is 57.6 cm³/mol. The summed E-state index contributed by atoms with van der Waals surface area (Å²) in [4.78, 5) is 11.6. The van der Waals surface area contributed by atoms with E-state index in [-0.39, 0.29) is 12.0 Å². The molecule has 0 aromatic carbocycles. The molecule has 1 amide bonds. The molecular formula is C11H15N3O2. The Hall–Kier alpha value is -1.49. The van der Waals surface area contributed by atoms with Gasteiger partial charge in [0.2, 0.25) is 5.91 Å². The van der Waals surface area contributed by atoms with E-state index in [0.717, 1.165) is 24.2 Å². The number of nitrogens with zero attached hydrogens (tertiary/aromatic N) is 2. The zero-order valence-electron chi connectivity index (χ0n) is 9.27. The lowest BCUT2D eigenvalue weighted by atomic mass is 10.2. The van der Waals surface area contributed by atoms with Crippen LogP contribution in [0.1, 0.15) is 24.2 Å². The standard InChI is InChI=1S/C11H15N3O2/c1-8-4-5-9(14-13-8)7-12-11(15)10-3-2-6-16-10/h4-5,10H,2-3,6-7H2,1H3,(H,12,15). The molecular weight excluding hydrogens is 206 g/mol. The van der Waals surface area contributed by atoms with Gasteiger partial charge in [-0.05, 0) is 31.9 Å². The Morgan fingerprint density at radius 2 is 2.44 bits per heavy atom. The van der Waals surface area contributed by atoms with Crippen molar-refractivity contribution in [1.29, 1.82) is 0 Å². The van der Waals surface area contributed by atoms with E-state index in [2.05, 4.69) is 15.5 Å². The number of amides is 1. The Bertz CT molecular complexity index is 358. The van der Waals surface area contributed by atoms with E-state index in [1.54, 1.807) is 0 Å². The van der Waals surface area contributed by atoms with E-state index < -0.39 is 0 Å². The van der Waals surface area contributed by atoms with Crippen molar-refractivity contribution >= 4 is 5.91 Å². The first-order valence-electron chi connectivity index (χ1n) is 5.44. The molecule has 2 heterocycles. The first-order valence-corrected chi connectivity index (χ1v) is 5.44. The van der Waals surface area contributed by atoms with Crippen molar-refractivity contribution in [2.75, 3.05) is 6.61 Å². The number of hydrogen-bond donors (Lipinski definition) is 1. The van der Waals surface area contributed by atoms with Gasteiger partial charge in [0, 0.05) is 6.61 Å². The number of nitrogens with one attached hydrogen (secondary N) is 1. The Morgan fingerprint density at radius 3 is 3.06 bits per heavy atom. The van der Waals surface area contributed by atoms with Crippen molar-refractivity contribution in [3.8, 4) is 0 Å². The Balaban J connectivity index is 1.82. The summed E-state index contributed by atoms with van der Waals surface area (Å²) in [7, 11) is 0. The Kier molecular flexibility index (Phi) is 3.46. The fourth-order valence-corrected chi connectivity index (χ4v) is 1.60. The fourth-order valence-electron chi connectivity index (χ4n) is 1.60. The van der Waals surface area contributed by atoms with E-state index in [0.29, 0.717) is 13.2 Å². The molecule has 0 spiro atoms. The summed E-state index contributed by atoms with van der Waals surface area (Å²) in [6, 6.07) is 3.73. The highest BCUT2D eigenvalue weighted by molar-refractivity contribution is 5.80. The second-order valence-corrected chi connectivity index (χ2v) is 3.89. The number of rotatable bonds is 3. The molecule has 1 fully saturated rings. The minimum Gasteiger partial charge on any atom is -0.368 e. The molecule has 0 saturated carbocycles. The van der Waals surface area contributed by atoms with Crippen LogP contribution in [0.5, 0.6) is 0 Å². The van der Waals surface area contributed by atoms with Crippen LogP contribution in [0.25, 0.3) is 0 Å². The molecule has 0 radical (unpaired) electrons. The molecule has 0 aliphatic carbocycles. The number of aryl methyl sites for hydroxylation is 1. The SMILES string of the molecule is Cc1ccc(CNC(=O)C2CCCO2)nn1. The number of aromatic nitrogens is 2. The maximum Gasteiger partial charge on any atom is 0.249 e. The van der Waals surface area contributed by atoms with Gasteiger partial charge in [0.05, 0.1) is 17.9 Å². The molecule has 1 unspecified atom stereocenters. The number of carbonyl (C=O) groups excluding carboxylic acids is 1. The van der Waals surface area contributed by atoms with Gasteiger partial charge in [-0.15, -0.1) is 0 Å². The van der Waals surface area contributed by atoms with Crippen molar-refractivity contribution in [1.82, 2.24) is 15.5 Å². The van der Waals surface area contributed by atoms with Crippen LogP contribution in [0, 0.1) is 6.92 Å². The normalized spacial score (nSPS) is 19.7. The molecule has 1 aromatic rings. The van der Waals surface area contributed by atoms with Crippen molar-refractivity contribution < 1.29 is 9.53 Å². The average Bonchev–Trinajstić information content (AvgIpc) is 2.81. The van der Waals surface area contributed by atoms with Crippen LogP contribution in [0.15, 0.2) is 12.1 Å². The van der Waals surface area contributed by atoms with Crippen molar-refractivity contribution in [2.24, 2.45) is 0 Å². The van der Waals surface area contributed by atoms with Gasteiger partial charge in [0.1, 0.15) is 6.10 Å². The molecule has 16 heavy (non-hydrogen) atoms. The topological polar surface area (TPSA) is 64.1 Å². The van der Waals surface area contributed by atoms with Crippen LogP contribution in [0.2, 0.25) is 0 Å². The predicted octanol–water partition coefficient (Wildman–Crippen LogP) is 0.580. The van der Waals surface area contributed by atoms with E-state index in [4.69, 9.17) is 4.74 Å². The van der Waals surface area contributed by atoms with Crippen LogP contribution >= 0.6 is 0 Å². The lowest BCUT2D eigenvalue weighted by molar-refractivity contribution is -0.130. The van der Waals surface area contributed by atoms with Crippen molar-refractivity contribution in [3.05, 3.63) is 23.5 Å². The van der Waals surface area contributed by atoms with Crippen LogP contribution in [-0.2, 0) is 16.1 Å². The molecule has 5 heteroatoms. The molecule has 1 N–H and O–H groups in total. The lowest BCUT2D eigenvalue weighted by Gasteiger charge is -2.09. The summed E-state index contributed by atoms with van der Waals surface area (Å²) < 4.78 is 5.27. The number of ether oxygens (including phenoxy) is 1. The highest BCUT2D eigenvalue weighted by atomic mass is 16.5. The molecule has 86 valence electrons. The quantitative estimate of drug-likeness (QED) is 0.811. The molecule has 1 aliphatic rings.